The van der Waals surface area contributed by atoms with Gasteiger partial charge >= 0.3 is 0 Å². The Morgan fingerprint density at radius 1 is 1.00 bits per heavy atom. The molecule has 2 heterocycles. The maximum absolute atomic E-state index is 9.66. The zero-order valence-electron chi connectivity index (χ0n) is 19.3. The molecule has 0 atom stereocenters. The molecule has 0 unspecified atom stereocenters. The van der Waals surface area contributed by atoms with E-state index in [0.717, 1.165) is 69.4 Å². The number of ether oxygens (including phenoxy) is 2. The van der Waals surface area contributed by atoms with E-state index in [1.54, 1.807) is 0 Å². The number of hydrogen-bond acceptors (Lipinski definition) is 5. The van der Waals surface area contributed by atoms with E-state index in [2.05, 4.69) is 52.8 Å². The lowest BCUT2D eigenvalue weighted by Gasteiger charge is -2.29. The van der Waals surface area contributed by atoms with E-state index in [1.807, 2.05) is 12.1 Å². The molecule has 2 aromatic carbocycles. The molecule has 0 radical (unpaired) electrons. The molecule has 3 N–H and O–H groups in total. The van der Waals surface area contributed by atoms with Crippen molar-refractivity contribution in [2.75, 3.05) is 33.0 Å². The van der Waals surface area contributed by atoms with Crippen LogP contribution in [0.25, 0.3) is 0 Å². The van der Waals surface area contributed by atoms with E-state index >= 15 is 0 Å². The van der Waals surface area contributed by atoms with Gasteiger partial charge in [-0.15, -0.1) is 24.0 Å². The summed E-state index contributed by atoms with van der Waals surface area (Å²) in [7, 11) is 0. The summed E-state index contributed by atoms with van der Waals surface area (Å²) in [5.41, 5.74) is 3.70. The smallest absolute Gasteiger partial charge is 0.231 e. The van der Waals surface area contributed by atoms with Crippen molar-refractivity contribution in [3.63, 3.8) is 0 Å². The fraction of sp³-hybridized carbons (Fsp3) is 0.480. The highest BCUT2D eigenvalue weighted by atomic mass is 127. The Labute approximate surface area is 213 Å². The summed E-state index contributed by atoms with van der Waals surface area (Å²) in [6.45, 7) is 7.50. The van der Waals surface area contributed by atoms with Crippen molar-refractivity contribution in [1.82, 2.24) is 15.5 Å². The predicted octanol–water partition coefficient (Wildman–Crippen LogP) is 3.29. The van der Waals surface area contributed by atoms with Gasteiger partial charge in [-0.1, -0.05) is 30.3 Å². The molecule has 180 valence electrons. The van der Waals surface area contributed by atoms with Crippen LogP contribution >= 0.6 is 24.0 Å². The van der Waals surface area contributed by atoms with Gasteiger partial charge in [0.25, 0.3) is 0 Å². The molecule has 0 spiro atoms. The first kappa shape index (κ1) is 25.6. The third-order valence-electron chi connectivity index (χ3n) is 5.89. The van der Waals surface area contributed by atoms with Gasteiger partial charge in [-0.25, -0.2) is 4.99 Å². The van der Waals surface area contributed by atoms with Crippen LogP contribution in [-0.2, 0) is 19.5 Å². The Balaban J connectivity index is 0.00000306. The molecule has 0 bridgehead atoms. The van der Waals surface area contributed by atoms with Crippen molar-refractivity contribution >= 4 is 29.9 Å². The highest BCUT2D eigenvalue weighted by Crippen LogP contribution is 2.32. The number of fused-ring (bicyclic) bond motifs is 1. The molecule has 4 rings (SSSR count). The van der Waals surface area contributed by atoms with Gasteiger partial charge in [0.1, 0.15) is 0 Å². The first-order valence-corrected chi connectivity index (χ1v) is 11.6. The summed E-state index contributed by atoms with van der Waals surface area (Å²) >= 11 is 0. The maximum atomic E-state index is 9.66. The zero-order chi connectivity index (χ0) is 22.2. The minimum atomic E-state index is -0.122. The van der Waals surface area contributed by atoms with E-state index in [4.69, 9.17) is 14.5 Å². The molecule has 2 aromatic rings. The summed E-state index contributed by atoms with van der Waals surface area (Å²) in [4.78, 5) is 7.15. The van der Waals surface area contributed by atoms with Crippen molar-refractivity contribution in [3.05, 3.63) is 59.2 Å². The van der Waals surface area contributed by atoms with Gasteiger partial charge in [0.15, 0.2) is 17.5 Å². The van der Waals surface area contributed by atoms with Crippen molar-refractivity contribution in [2.45, 2.75) is 45.4 Å². The highest BCUT2D eigenvalue weighted by Gasteiger charge is 2.16. The lowest BCUT2D eigenvalue weighted by atomic mass is 10.1. The molecule has 1 saturated heterocycles. The number of benzene rings is 2. The average Bonchev–Trinajstić information content (AvgIpc) is 3.28. The van der Waals surface area contributed by atoms with Gasteiger partial charge in [-0.2, -0.15) is 0 Å². The Bertz CT molecular complexity index is 899. The van der Waals surface area contributed by atoms with Gasteiger partial charge < -0.3 is 25.2 Å². The lowest BCUT2D eigenvalue weighted by molar-refractivity contribution is 0.0792. The van der Waals surface area contributed by atoms with Crippen LogP contribution in [-0.4, -0.2) is 55.0 Å². The first-order valence-electron chi connectivity index (χ1n) is 11.6. The SMILES string of the molecule is CCNC(=NCc1ccc(CN2CCC(O)CC2)cc1)NCCc1ccc2c(c1)OCO2.I. The first-order chi connectivity index (χ1) is 15.7. The molecule has 0 aliphatic carbocycles. The summed E-state index contributed by atoms with van der Waals surface area (Å²) in [6.07, 6.45) is 2.51. The molecule has 2 aliphatic heterocycles. The monoisotopic (exact) mass is 566 g/mol. The number of likely N-dealkylation sites (tertiary alicyclic amines) is 1. The number of halogens is 1. The van der Waals surface area contributed by atoms with Crippen LogP contribution in [0.3, 0.4) is 0 Å². The Hall–Kier alpha value is -2.04. The summed E-state index contributed by atoms with van der Waals surface area (Å²) in [5, 5.41) is 16.4. The van der Waals surface area contributed by atoms with Crippen LogP contribution in [0.15, 0.2) is 47.5 Å². The van der Waals surface area contributed by atoms with Crippen LogP contribution < -0.4 is 20.1 Å². The van der Waals surface area contributed by atoms with E-state index < -0.39 is 0 Å². The summed E-state index contributed by atoms with van der Waals surface area (Å²) < 4.78 is 10.8. The largest absolute Gasteiger partial charge is 0.454 e. The van der Waals surface area contributed by atoms with Crippen LogP contribution in [0, 0.1) is 0 Å². The van der Waals surface area contributed by atoms with Crippen molar-refractivity contribution in [1.29, 1.82) is 0 Å². The number of aliphatic imine (C=N–C) groups is 1. The van der Waals surface area contributed by atoms with E-state index in [9.17, 15) is 5.11 Å². The molecule has 7 nitrogen and oxygen atoms in total. The topological polar surface area (TPSA) is 78.4 Å². The number of aliphatic hydroxyl groups is 1. The van der Waals surface area contributed by atoms with E-state index in [1.165, 1.54) is 16.7 Å². The van der Waals surface area contributed by atoms with Crippen molar-refractivity contribution in [2.24, 2.45) is 4.99 Å². The fourth-order valence-electron chi connectivity index (χ4n) is 4.02. The van der Waals surface area contributed by atoms with Gasteiger partial charge in [-0.3, -0.25) is 4.90 Å². The highest BCUT2D eigenvalue weighted by molar-refractivity contribution is 14.0. The van der Waals surface area contributed by atoms with Crippen LogP contribution in [0.1, 0.15) is 36.5 Å². The van der Waals surface area contributed by atoms with E-state index in [0.29, 0.717) is 13.3 Å². The Morgan fingerprint density at radius 3 is 2.45 bits per heavy atom. The normalized spacial score (nSPS) is 16.4. The number of hydrogen-bond donors (Lipinski definition) is 3. The molecule has 1 fully saturated rings. The minimum Gasteiger partial charge on any atom is -0.454 e. The van der Waals surface area contributed by atoms with Crippen LogP contribution in [0.5, 0.6) is 11.5 Å². The second-order valence-corrected chi connectivity index (χ2v) is 8.38. The van der Waals surface area contributed by atoms with Crippen molar-refractivity contribution < 1.29 is 14.6 Å². The van der Waals surface area contributed by atoms with Crippen LogP contribution in [0.4, 0.5) is 0 Å². The molecule has 0 saturated carbocycles. The van der Waals surface area contributed by atoms with Gasteiger partial charge in [-0.05, 0) is 55.0 Å². The number of piperidine rings is 1. The zero-order valence-corrected chi connectivity index (χ0v) is 21.6. The van der Waals surface area contributed by atoms with E-state index in [-0.39, 0.29) is 30.1 Å². The molecule has 33 heavy (non-hydrogen) atoms. The van der Waals surface area contributed by atoms with Gasteiger partial charge in [0.2, 0.25) is 6.79 Å². The lowest BCUT2D eigenvalue weighted by Crippen LogP contribution is -2.38. The summed E-state index contributed by atoms with van der Waals surface area (Å²) in [6, 6.07) is 14.8. The predicted molar refractivity (Wildman–Crippen MR) is 141 cm³/mol. The standard InChI is InChI=1S/C25H34N4O3.HI/c1-2-26-25(27-12-9-19-7-8-23-24(15-19)32-18-31-23)28-16-20-3-5-21(6-4-20)17-29-13-10-22(30)11-14-29;/h3-8,15,22,30H,2,9-14,16-18H2,1H3,(H2,26,27,28);1H. The summed E-state index contributed by atoms with van der Waals surface area (Å²) in [5.74, 6) is 2.46. The van der Waals surface area contributed by atoms with Crippen LogP contribution in [0.2, 0.25) is 0 Å². The third kappa shape index (κ3) is 7.75. The maximum Gasteiger partial charge on any atom is 0.231 e. The Kier molecular flexibility index (Phi) is 10.1. The average molecular weight is 566 g/mol. The molecule has 8 heteroatoms. The number of guanidine groups is 1. The second kappa shape index (κ2) is 13.0. The quantitative estimate of drug-likeness (QED) is 0.259. The second-order valence-electron chi connectivity index (χ2n) is 8.38. The molecular formula is C25H35IN4O3. The van der Waals surface area contributed by atoms with Crippen molar-refractivity contribution in [3.8, 4) is 11.5 Å². The Morgan fingerprint density at radius 2 is 1.70 bits per heavy atom. The molecule has 0 amide bonds. The third-order valence-corrected chi connectivity index (χ3v) is 5.89. The number of nitrogens with zero attached hydrogens (tertiary/aromatic N) is 2. The number of rotatable bonds is 8. The number of nitrogens with one attached hydrogen (secondary N) is 2. The van der Waals surface area contributed by atoms with Gasteiger partial charge in [0, 0.05) is 32.7 Å². The fourth-order valence-corrected chi connectivity index (χ4v) is 4.02. The minimum absolute atomic E-state index is 0. The molecule has 2 aliphatic rings. The number of aliphatic hydroxyl groups excluding tert-OH is 1. The van der Waals surface area contributed by atoms with Gasteiger partial charge in [0.05, 0.1) is 12.6 Å². The molecular weight excluding hydrogens is 531 g/mol. The molecule has 0 aromatic heterocycles.